The van der Waals surface area contributed by atoms with Crippen molar-refractivity contribution in [1.29, 1.82) is 0 Å². The van der Waals surface area contributed by atoms with Crippen LogP contribution in [0.3, 0.4) is 0 Å². The van der Waals surface area contributed by atoms with Crippen LogP contribution in [0.15, 0.2) is 12.1 Å². The van der Waals surface area contributed by atoms with Gasteiger partial charge in [0, 0.05) is 13.2 Å². The molecular formula is C12H16F3N3O. The second kappa shape index (κ2) is 5.73. The van der Waals surface area contributed by atoms with Crippen LogP contribution in [0.1, 0.15) is 31.4 Å². The Labute approximate surface area is 109 Å². The number of halogens is 3. The molecule has 1 aliphatic rings. The molecule has 1 saturated carbocycles. The molecule has 1 heterocycles. The highest BCUT2D eigenvalue weighted by Crippen LogP contribution is 2.28. The number of ether oxygens (including phenoxy) is 1. The fraction of sp³-hybridized carbons (Fsp3) is 0.667. The minimum absolute atomic E-state index is 0.171. The smallest absolute Gasteiger partial charge is 0.381 e. The van der Waals surface area contributed by atoms with Crippen LogP contribution in [0.2, 0.25) is 0 Å². The van der Waals surface area contributed by atoms with Gasteiger partial charge in [-0.1, -0.05) is 0 Å². The molecule has 0 aliphatic heterocycles. The minimum Gasteiger partial charge on any atom is -0.381 e. The van der Waals surface area contributed by atoms with Crippen molar-refractivity contribution in [3.63, 3.8) is 0 Å². The van der Waals surface area contributed by atoms with Crippen molar-refractivity contribution in [3.05, 3.63) is 17.8 Å². The topological polar surface area (TPSA) is 47.0 Å². The Morgan fingerprint density at radius 2 is 2.05 bits per heavy atom. The van der Waals surface area contributed by atoms with Gasteiger partial charge in [-0.15, -0.1) is 10.2 Å². The molecule has 1 fully saturated rings. The predicted octanol–water partition coefficient (Wildman–Crippen LogP) is 2.86. The molecule has 0 spiro atoms. The van der Waals surface area contributed by atoms with Crippen LogP contribution in [0.5, 0.6) is 0 Å². The molecule has 1 aliphatic carbocycles. The molecule has 2 rings (SSSR count). The van der Waals surface area contributed by atoms with E-state index < -0.39 is 11.9 Å². The largest absolute Gasteiger partial charge is 0.435 e. The Morgan fingerprint density at radius 1 is 1.26 bits per heavy atom. The first-order valence-corrected chi connectivity index (χ1v) is 6.19. The molecule has 0 bridgehead atoms. The van der Waals surface area contributed by atoms with Gasteiger partial charge in [0.1, 0.15) is 5.82 Å². The Bertz CT molecular complexity index is 408. The standard InChI is InChI=1S/C12H16F3N3O/c1-19-9-4-2-3-8(7-9)16-11-6-5-10(17-18-11)12(13,14)15/h5-6,8-9H,2-4,7H2,1H3,(H,16,18). The molecular weight excluding hydrogens is 259 g/mol. The van der Waals surface area contributed by atoms with Gasteiger partial charge in [0.25, 0.3) is 0 Å². The number of hydrogen-bond donors (Lipinski definition) is 1. The Morgan fingerprint density at radius 3 is 2.63 bits per heavy atom. The zero-order valence-corrected chi connectivity index (χ0v) is 10.6. The number of rotatable bonds is 3. The van der Waals surface area contributed by atoms with Crippen molar-refractivity contribution in [1.82, 2.24) is 10.2 Å². The monoisotopic (exact) mass is 275 g/mol. The number of methoxy groups -OCH3 is 1. The second-order valence-corrected chi connectivity index (χ2v) is 4.67. The zero-order valence-electron chi connectivity index (χ0n) is 10.6. The van der Waals surface area contributed by atoms with Gasteiger partial charge < -0.3 is 10.1 Å². The van der Waals surface area contributed by atoms with E-state index in [9.17, 15) is 13.2 Å². The maximum absolute atomic E-state index is 12.3. The van der Waals surface area contributed by atoms with Gasteiger partial charge in [-0.25, -0.2) is 0 Å². The lowest BCUT2D eigenvalue weighted by Gasteiger charge is -2.29. The van der Waals surface area contributed by atoms with E-state index >= 15 is 0 Å². The van der Waals surface area contributed by atoms with Gasteiger partial charge >= 0.3 is 6.18 Å². The molecule has 4 nitrogen and oxygen atoms in total. The van der Waals surface area contributed by atoms with Crippen LogP contribution in [0, 0.1) is 0 Å². The van der Waals surface area contributed by atoms with Gasteiger partial charge in [0.15, 0.2) is 5.69 Å². The average molecular weight is 275 g/mol. The zero-order chi connectivity index (χ0) is 13.9. The van der Waals surface area contributed by atoms with Gasteiger partial charge in [0.2, 0.25) is 0 Å². The maximum Gasteiger partial charge on any atom is 0.435 e. The summed E-state index contributed by atoms with van der Waals surface area (Å²) in [6, 6.07) is 2.42. The molecule has 1 N–H and O–H groups in total. The number of alkyl halides is 3. The van der Waals surface area contributed by atoms with Gasteiger partial charge in [-0.05, 0) is 37.8 Å². The van der Waals surface area contributed by atoms with Gasteiger partial charge in [-0.2, -0.15) is 13.2 Å². The molecule has 0 saturated heterocycles. The first kappa shape index (κ1) is 14.0. The SMILES string of the molecule is COC1CCCC(Nc2ccc(C(F)(F)F)nn2)C1. The fourth-order valence-electron chi connectivity index (χ4n) is 2.26. The van der Waals surface area contributed by atoms with E-state index in [1.165, 1.54) is 6.07 Å². The average Bonchev–Trinajstić information content (AvgIpc) is 2.38. The molecule has 0 aromatic carbocycles. The summed E-state index contributed by atoms with van der Waals surface area (Å²) in [5, 5.41) is 9.86. The summed E-state index contributed by atoms with van der Waals surface area (Å²) in [6.45, 7) is 0. The quantitative estimate of drug-likeness (QED) is 0.921. The van der Waals surface area contributed by atoms with Gasteiger partial charge in [0.05, 0.1) is 6.10 Å². The Balaban J connectivity index is 1.96. The molecule has 106 valence electrons. The molecule has 0 amide bonds. The highest BCUT2D eigenvalue weighted by Gasteiger charge is 2.33. The van der Waals surface area contributed by atoms with E-state index in [0.29, 0.717) is 5.82 Å². The second-order valence-electron chi connectivity index (χ2n) is 4.67. The van der Waals surface area contributed by atoms with Crippen LogP contribution in [-0.4, -0.2) is 29.5 Å². The van der Waals surface area contributed by atoms with E-state index in [-0.39, 0.29) is 12.1 Å². The minimum atomic E-state index is -4.45. The summed E-state index contributed by atoms with van der Waals surface area (Å²) < 4.78 is 42.3. The third-order valence-corrected chi connectivity index (χ3v) is 3.27. The van der Waals surface area contributed by atoms with E-state index in [1.54, 1.807) is 7.11 Å². The van der Waals surface area contributed by atoms with Crippen molar-refractivity contribution in [2.24, 2.45) is 0 Å². The highest BCUT2D eigenvalue weighted by molar-refractivity contribution is 5.34. The lowest BCUT2D eigenvalue weighted by molar-refractivity contribution is -0.141. The van der Waals surface area contributed by atoms with E-state index in [1.807, 2.05) is 0 Å². The third-order valence-electron chi connectivity index (χ3n) is 3.27. The fourth-order valence-corrected chi connectivity index (χ4v) is 2.26. The van der Waals surface area contributed by atoms with Crippen molar-refractivity contribution in [2.45, 2.75) is 44.0 Å². The van der Waals surface area contributed by atoms with E-state index in [2.05, 4.69) is 15.5 Å². The molecule has 1 aromatic heterocycles. The summed E-state index contributed by atoms with van der Waals surface area (Å²) in [6.07, 6.45) is -0.398. The Kier molecular flexibility index (Phi) is 4.24. The van der Waals surface area contributed by atoms with Crippen LogP contribution < -0.4 is 5.32 Å². The van der Waals surface area contributed by atoms with Crippen molar-refractivity contribution < 1.29 is 17.9 Å². The highest BCUT2D eigenvalue weighted by atomic mass is 19.4. The first-order chi connectivity index (χ1) is 8.99. The van der Waals surface area contributed by atoms with Gasteiger partial charge in [-0.3, -0.25) is 0 Å². The maximum atomic E-state index is 12.3. The Hall–Kier alpha value is -1.37. The summed E-state index contributed by atoms with van der Waals surface area (Å²) in [4.78, 5) is 0. The summed E-state index contributed by atoms with van der Waals surface area (Å²) in [5.74, 6) is 0.370. The number of nitrogens with one attached hydrogen (secondary N) is 1. The van der Waals surface area contributed by atoms with E-state index in [4.69, 9.17) is 4.74 Å². The van der Waals surface area contributed by atoms with Crippen molar-refractivity contribution >= 4 is 5.82 Å². The first-order valence-electron chi connectivity index (χ1n) is 6.19. The summed E-state index contributed by atoms with van der Waals surface area (Å²) in [5.41, 5.74) is -0.975. The summed E-state index contributed by atoms with van der Waals surface area (Å²) in [7, 11) is 1.67. The number of hydrogen-bond acceptors (Lipinski definition) is 4. The van der Waals surface area contributed by atoms with Crippen LogP contribution >= 0.6 is 0 Å². The van der Waals surface area contributed by atoms with E-state index in [0.717, 1.165) is 31.7 Å². The van der Waals surface area contributed by atoms with Crippen molar-refractivity contribution in [3.8, 4) is 0 Å². The number of nitrogens with zero attached hydrogens (tertiary/aromatic N) is 2. The molecule has 1 aromatic rings. The lowest BCUT2D eigenvalue weighted by atomic mass is 9.93. The molecule has 2 unspecified atom stereocenters. The normalized spacial score (nSPS) is 24.2. The molecule has 0 radical (unpaired) electrons. The van der Waals surface area contributed by atoms with Crippen LogP contribution in [0.4, 0.5) is 19.0 Å². The third kappa shape index (κ3) is 3.79. The number of anilines is 1. The van der Waals surface area contributed by atoms with Crippen molar-refractivity contribution in [2.75, 3.05) is 12.4 Å². The molecule has 2 atom stereocenters. The molecule has 7 heteroatoms. The van der Waals surface area contributed by atoms with Crippen LogP contribution in [-0.2, 0) is 10.9 Å². The predicted molar refractivity (Wildman–Crippen MR) is 63.7 cm³/mol. The summed E-state index contributed by atoms with van der Waals surface area (Å²) >= 11 is 0. The lowest BCUT2D eigenvalue weighted by Crippen LogP contribution is -2.31. The number of aromatic nitrogens is 2. The molecule has 19 heavy (non-hydrogen) atoms. The van der Waals surface area contributed by atoms with Crippen LogP contribution in [0.25, 0.3) is 0 Å².